The van der Waals surface area contributed by atoms with Crippen LogP contribution in [0.2, 0.25) is 0 Å². The van der Waals surface area contributed by atoms with Crippen LogP contribution >= 0.6 is 0 Å². The van der Waals surface area contributed by atoms with Crippen LogP contribution in [0.5, 0.6) is 0 Å². The highest BCUT2D eigenvalue weighted by Crippen LogP contribution is 2.38. The largest absolute Gasteiger partial charge is 0.367 e. The molecule has 0 radical (unpaired) electrons. The number of likely N-dealkylation sites (tertiary alicyclic amines) is 1. The third-order valence-corrected chi connectivity index (χ3v) is 4.42. The number of ether oxygens (including phenoxy) is 1. The molecular formula is C17H20N4O3. The van der Waals surface area contributed by atoms with Crippen molar-refractivity contribution in [3.05, 3.63) is 41.8 Å². The Morgan fingerprint density at radius 1 is 1.33 bits per heavy atom. The minimum absolute atomic E-state index is 0.0114. The topological polar surface area (TPSA) is 81.4 Å². The smallest absolute Gasteiger partial charge is 0.272 e. The summed E-state index contributed by atoms with van der Waals surface area (Å²) in [5, 5.41) is 3.99. The molecule has 24 heavy (non-hydrogen) atoms. The Balaban J connectivity index is 1.32. The van der Waals surface area contributed by atoms with Crippen LogP contribution in [0.25, 0.3) is 0 Å². The molecule has 2 aromatic rings. The van der Waals surface area contributed by atoms with Gasteiger partial charge in [-0.15, -0.1) is 0 Å². The summed E-state index contributed by atoms with van der Waals surface area (Å²) in [4.78, 5) is 22.8. The molecule has 1 aliphatic heterocycles. The molecule has 1 atom stereocenters. The van der Waals surface area contributed by atoms with Crippen LogP contribution in [-0.2, 0) is 11.3 Å². The summed E-state index contributed by atoms with van der Waals surface area (Å²) >= 11 is 0. The van der Waals surface area contributed by atoms with Crippen LogP contribution in [0.4, 0.5) is 0 Å². The maximum atomic E-state index is 12.5. The van der Waals surface area contributed by atoms with Crippen molar-refractivity contribution in [3.8, 4) is 0 Å². The van der Waals surface area contributed by atoms with E-state index in [9.17, 15) is 4.79 Å². The number of piperidine rings is 1. The van der Waals surface area contributed by atoms with E-state index >= 15 is 0 Å². The molecule has 0 spiro atoms. The molecule has 1 saturated carbocycles. The third-order valence-electron chi connectivity index (χ3n) is 4.42. The molecule has 126 valence electrons. The van der Waals surface area contributed by atoms with Crippen molar-refractivity contribution in [1.82, 2.24) is 20.0 Å². The Kier molecular flexibility index (Phi) is 4.25. The lowest BCUT2D eigenvalue weighted by molar-refractivity contribution is -0.0155. The molecular weight excluding hydrogens is 308 g/mol. The van der Waals surface area contributed by atoms with Gasteiger partial charge in [0.2, 0.25) is 0 Å². The summed E-state index contributed by atoms with van der Waals surface area (Å²) < 4.78 is 11.1. The first kappa shape index (κ1) is 15.3. The van der Waals surface area contributed by atoms with Crippen molar-refractivity contribution in [2.24, 2.45) is 0 Å². The van der Waals surface area contributed by atoms with Gasteiger partial charge in [-0.2, -0.15) is 4.98 Å². The first-order valence-electron chi connectivity index (χ1n) is 8.44. The summed E-state index contributed by atoms with van der Waals surface area (Å²) in [6.07, 6.45) is 5.76. The zero-order chi connectivity index (χ0) is 16.4. The fourth-order valence-corrected chi connectivity index (χ4v) is 2.93. The molecule has 0 aromatic carbocycles. The highest BCUT2D eigenvalue weighted by Gasteiger charge is 2.29. The average Bonchev–Trinajstić information content (AvgIpc) is 3.39. The Morgan fingerprint density at radius 3 is 3.04 bits per heavy atom. The second-order valence-corrected chi connectivity index (χ2v) is 6.36. The van der Waals surface area contributed by atoms with Crippen LogP contribution in [-0.4, -0.2) is 45.1 Å². The standard InChI is InChI=1S/C17H20N4O3/c22-17(14-5-1-2-8-18-14)21-9-3-4-13(10-21)23-11-15-19-16(20-24-15)12-6-7-12/h1-2,5,8,12-13H,3-4,6-7,9-11H2/t13-/m0/s1. The number of aromatic nitrogens is 3. The lowest BCUT2D eigenvalue weighted by Gasteiger charge is -2.32. The number of carbonyl (C=O) groups is 1. The molecule has 1 amide bonds. The van der Waals surface area contributed by atoms with Crippen LogP contribution in [0, 0.1) is 0 Å². The minimum atomic E-state index is -0.0438. The maximum absolute atomic E-state index is 12.5. The van der Waals surface area contributed by atoms with Crippen LogP contribution in [0.3, 0.4) is 0 Å². The predicted octanol–water partition coefficient (Wildman–Crippen LogP) is 2.16. The number of hydrogen-bond acceptors (Lipinski definition) is 6. The summed E-state index contributed by atoms with van der Waals surface area (Å²) in [5.74, 6) is 1.75. The number of carbonyl (C=O) groups excluding carboxylic acids is 1. The van der Waals surface area contributed by atoms with Crippen molar-refractivity contribution in [2.75, 3.05) is 13.1 Å². The monoisotopic (exact) mass is 328 g/mol. The molecule has 2 aromatic heterocycles. The first-order chi connectivity index (χ1) is 11.8. The summed E-state index contributed by atoms with van der Waals surface area (Å²) in [6, 6.07) is 5.37. The van der Waals surface area contributed by atoms with Crippen LogP contribution in [0.15, 0.2) is 28.9 Å². The number of amides is 1. The fraction of sp³-hybridized carbons (Fsp3) is 0.529. The number of nitrogens with zero attached hydrogens (tertiary/aromatic N) is 4. The maximum Gasteiger partial charge on any atom is 0.272 e. The van der Waals surface area contributed by atoms with Gasteiger partial charge >= 0.3 is 0 Å². The van der Waals surface area contributed by atoms with Crippen molar-refractivity contribution in [1.29, 1.82) is 0 Å². The number of hydrogen-bond donors (Lipinski definition) is 0. The van der Waals surface area contributed by atoms with Gasteiger partial charge in [-0.25, -0.2) is 0 Å². The van der Waals surface area contributed by atoms with Crippen LogP contribution < -0.4 is 0 Å². The van der Waals surface area contributed by atoms with E-state index in [0.717, 1.165) is 38.1 Å². The van der Waals surface area contributed by atoms with E-state index in [1.54, 1.807) is 23.2 Å². The van der Waals surface area contributed by atoms with Crippen molar-refractivity contribution >= 4 is 5.91 Å². The van der Waals surface area contributed by atoms with Gasteiger partial charge in [-0.1, -0.05) is 11.2 Å². The van der Waals surface area contributed by atoms with Crippen LogP contribution in [0.1, 0.15) is 53.8 Å². The average molecular weight is 328 g/mol. The van der Waals surface area contributed by atoms with E-state index in [-0.39, 0.29) is 12.0 Å². The molecule has 4 rings (SSSR count). The number of rotatable bonds is 5. The molecule has 7 nitrogen and oxygen atoms in total. The lowest BCUT2D eigenvalue weighted by atomic mass is 10.1. The third kappa shape index (κ3) is 3.46. The summed E-state index contributed by atoms with van der Waals surface area (Å²) in [5.41, 5.74) is 0.476. The van der Waals surface area contributed by atoms with Gasteiger partial charge in [0.1, 0.15) is 12.3 Å². The highest BCUT2D eigenvalue weighted by atomic mass is 16.5. The Labute approximate surface area is 140 Å². The fourth-order valence-electron chi connectivity index (χ4n) is 2.93. The predicted molar refractivity (Wildman–Crippen MR) is 84.2 cm³/mol. The first-order valence-corrected chi connectivity index (χ1v) is 8.44. The van der Waals surface area contributed by atoms with Crippen molar-refractivity contribution < 1.29 is 14.1 Å². The quantitative estimate of drug-likeness (QED) is 0.836. The van der Waals surface area contributed by atoms with Crippen molar-refractivity contribution in [2.45, 2.75) is 44.3 Å². The van der Waals surface area contributed by atoms with Gasteiger partial charge in [0.25, 0.3) is 11.8 Å². The van der Waals surface area contributed by atoms with E-state index in [2.05, 4.69) is 15.1 Å². The Bertz CT molecular complexity index is 699. The summed E-state index contributed by atoms with van der Waals surface area (Å²) in [7, 11) is 0. The van der Waals surface area contributed by atoms with Gasteiger partial charge in [0.05, 0.1) is 6.10 Å². The number of pyridine rings is 1. The van der Waals surface area contributed by atoms with Gasteiger partial charge < -0.3 is 14.2 Å². The zero-order valence-electron chi connectivity index (χ0n) is 13.4. The van der Waals surface area contributed by atoms with Gasteiger partial charge in [0.15, 0.2) is 5.82 Å². The van der Waals surface area contributed by atoms with E-state index in [1.165, 1.54) is 0 Å². The zero-order valence-corrected chi connectivity index (χ0v) is 13.4. The van der Waals surface area contributed by atoms with E-state index < -0.39 is 0 Å². The molecule has 2 aliphatic rings. The van der Waals surface area contributed by atoms with Gasteiger partial charge in [-0.05, 0) is 37.8 Å². The Hall–Kier alpha value is -2.28. The molecule has 0 N–H and O–H groups in total. The highest BCUT2D eigenvalue weighted by molar-refractivity contribution is 5.92. The van der Waals surface area contributed by atoms with Gasteiger partial charge in [-0.3, -0.25) is 9.78 Å². The molecule has 1 aliphatic carbocycles. The van der Waals surface area contributed by atoms with E-state index in [1.807, 2.05) is 6.07 Å². The molecule has 2 fully saturated rings. The molecule has 0 unspecified atom stereocenters. The second-order valence-electron chi connectivity index (χ2n) is 6.36. The molecule has 0 bridgehead atoms. The van der Waals surface area contributed by atoms with E-state index in [0.29, 0.717) is 30.7 Å². The lowest BCUT2D eigenvalue weighted by Crippen LogP contribution is -2.43. The molecule has 3 heterocycles. The SMILES string of the molecule is O=C(c1ccccn1)N1CCC[C@H](OCc2nc(C3CC3)no2)C1. The molecule has 1 saturated heterocycles. The molecule has 7 heteroatoms. The minimum Gasteiger partial charge on any atom is -0.367 e. The Morgan fingerprint density at radius 2 is 2.25 bits per heavy atom. The normalized spacial score (nSPS) is 21.0. The second kappa shape index (κ2) is 6.68. The van der Waals surface area contributed by atoms with Gasteiger partial charge in [0, 0.05) is 25.2 Å². The van der Waals surface area contributed by atoms with E-state index in [4.69, 9.17) is 9.26 Å². The van der Waals surface area contributed by atoms with Crippen molar-refractivity contribution in [3.63, 3.8) is 0 Å². The summed E-state index contributed by atoms with van der Waals surface area (Å²) in [6.45, 7) is 1.61.